The zero-order valence-corrected chi connectivity index (χ0v) is 49.9. The van der Waals surface area contributed by atoms with Gasteiger partial charge in [0.2, 0.25) is 0 Å². The maximum absolute atomic E-state index is 11.9. The second-order valence-corrected chi connectivity index (χ2v) is 23.4. The maximum atomic E-state index is 11.9. The predicted octanol–water partition coefficient (Wildman–Crippen LogP) is 18.0. The van der Waals surface area contributed by atoms with E-state index in [0.29, 0.717) is 6.42 Å². The molecule has 16 heteroatoms. The number of esters is 8. The van der Waals surface area contributed by atoms with Gasteiger partial charge in [-0.2, -0.15) is 0 Å². The number of ether oxygens (including phenoxy) is 8. The van der Waals surface area contributed by atoms with Gasteiger partial charge in [-0.3, -0.25) is 38.4 Å². The highest BCUT2D eigenvalue weighted by molar-refractivity contribution is 5.77. The van der Waals surface area contributed by atoms with Crippen LogP contribution < -0.4 is 0 Å². The molecular formula is C68H136O16. The van der Waals surface area contributed by atoms with Gasteiger partial charge >= 0.3 is 47.8 Å². The molecule has 2 unspecified atom stereocenters. The topological polar surface area (TPSA) is 210 Å². The van der Waals surface area contributed by atoms with Gasteiger partial charge in [0.25, 0.3) is 0 Å². The number of carbonyl (C=O) groups excluding carboxylic acids is 8. The molecule has 504 valence electrons. The smallest absolute Gasteiger partial charge is 0.311 e. The minimum absolute atomic E-state index is 0. The van der Waals surface area contributed by atoms with E-state index in [1.54, 1.807) is 0 Å². The first-order valence-electron chi connectivity index (χ1n) is 29.2. The van der Waals surface area contributed by atoms with Crippen molar-refractivity contribution in [1.29, 1.82) is 0 Å². The van der Waals surface area contributed by atoms with E-state index in [0.717, 1.165) is 135 Å². The molecule has 0 amide bonds. The summed E-state index contributed by atoms with van der Waals surface area (Å²) in [5.41, 5.74) is -2.08. The molecule has 0 bridgehead atoms. The first-order chi connectivity index (χ1) is 35.6. The minimum Gasteiger partial charge on any atom is -0.465 e. The van der Waals surface area contributed by atoms with Crippen LogP contribution in [-0.2, 0) is 76.3 Å². The van der Waals surface area contributed by atoms with Crippen LogP contribution in [-0.4, -0.2) is 96.6 Å². The molecule has 84 heavy (non-hydrogen) atoms. The standard InChI is InChI=1S/C16H28O4.2C15H26O4.C14H24O4.8CH4/c1-5-15(3,4)14(18)19-12-9-13(17)20-16(6-2)10-7-8-11-16;1-5-14(2,3)13(17)18-11-8-12(16)19-15(4)9-6-7-10-15;1-4-12(3)14(17)18-11-8-13(16)19-15(5-2)9-6-7-10-15;1-4-11(2)13(16)17-10-7-12(15)18-14(3)8-5-6-9-14;;;;;;;;/h5-12H2,1-4H3;5-11H2,1-4H3;12H,4-11H2,1-3H3;11H,4-10H2,1-3H3;8*1H4. The van der Waals surface area contributed by atoms with Crippen molar-refractivity contribution in [3.63, 3.8) is 0 Å². The first-order valence-corrected chi connectivity index (χ1v) is 29.2. The van der Waals surface area contributed by atoms with E-state index in [1.807, 2.05) is 83.1 Å². The van der Waals surface area contributed by atoms with E-state index in [9.17, 15) is 38.4 Å². The summed E-state index contributed by atoms with van der Waals surface area (Å²) in [6, 6.07) is 0. The zero-order chi connectivity index (χ0) is 57.6. The molecule has 0 aromatic carbocycles. The van der Waals surface area contributed by atoms with Crippen molar-refractivity contribution >= 4 is 47.8 Å². The van der Waals surface area contributed by atoms with Gasteiger partial charge in [0.05, 0.1) is 48.3 Å². The third-order valence-electron chi connectivity index (χ3n) is 16.1. The summed E-state index contributed by atoms with van der Waals surface area (Å²) in [4.78, 5) is 93.2. The Labute approximate surface area is 516 Å². The van der Waals surface area contributed by atoms with Crippen molar-refractivity contribution in [1.82, 2.24) is 0 Å². The highest BCUT2D eigenvalue weighted by atomic mass is 16.6. The van der Waals surface area contributed by atoms with Gasteiger partial charge in [0, 0.05) is 0 Å². The molecule has 16 nitrogen and oxygen atoms in total. The quantitative estimate of drug-likeness (QED) is 0.0582. The van der Waals surface area contributed by atoms with Crippen LogP contribution in [0.5, 0.6) is 0 Å². The molecule has 4 saturated carbocycles. The van der Waals surface area contributed by atoms with Gasteiger partial charge in [-0.25, -0.2) is 0 Å². The van der Waals surface area contributed by atoms with Crippen LogP contribution in [0.1, 0.15) is 323 Å². The van der Waals surface area contributed by atoms with E-state index in [2.05, 4.69) is 13.8 Å². The van der Waals surface area contributed by atoms with Crippen molar-refractivity contribution in [3.05, 3.63) is 0 Å². The van der Waals surface area contributed by atoms with Crippen molar-refractivity contribution in [3.8, 4) is 0 Å². The largest absolute Gasteiger partial charge is 0.465 e. The Balaban J connectivity index is -0.000000148. The molecule has 0 heterocycles. The highest BCUT2D eigenvalue weighted by Crippen LogP contribution is 2.38. The van der Waals surface area contributed by atoms with E-state index >= 15 is 0 Å². The SMILES string of the molecule is C.C.C.C.C.C.C.C.CCC(C)(C)C(=O)OCCC(=O)OC1(C)CCCC1.CCC(C)C(=O)OCCC(=O)OC1(C)CCCC1.CCC(C)C(=O)OCCC(=O)OC1(CC)CCCC1.CCC1(OC(=O)CCOC(=O)C(C)(C)CC)CCCC1. The number of hydrogen-bond donors (Lipinski definition) is 0. The Morgan fingerprint density at radius 2 is 0.595 bits per heavy atom. The molecule has 0 saturated heterocycles. The fraction of sp³-hybridized carbons (Fsp3) is 0.882. The highest BCUT2D eigenvalue weighted by Gasteiger charge is 2.38. The van der Waals surface area contributed by atoms with Crippen LogP contribution >= 0.6 is 0 Å². The van der Waals surface area contributed by atoms with Gasteiger partial charge in [0.1, 0.15) is 48.8 Å². The van der Waals surface area contributed by atoms with Gasteiger partial charge in [-0.15, -0.1) is 0 Å². The normalized spacial score (nSPS) is 16.7. The van der Waals surface area contributed by atoms with Crippen molar-refractivity contribution in [2.45, 2.75) is 346 Å². The Hall–Kier alpha value is -4.24. The second-order valence-electron chi connectivity index (χ2n) is 23.4. The molecule has 0 aliphatic heterocycles. The summed E-state index contributed by atoms with van der Waals surface area (Å²) in [6.45, 7) is 27.3. The molecule has 4 aliphatic rings. The molecule has 0 spiro atoms. The number of hydrogen-bond acceptors (Lipinski definition) is 16. The maximum Gasteiger partial charge on any atom is 0.311 e. The molecule has 0 aromatic rings. The summed E-state index contributed by atoms with van der Waals surface area (Å²) < 4.78 is 42.5. The summed E-state index contributed by atoms with van der Waals surface area (Å²) in [6.07, 6.45) is 21.8. The third kappa shape index (κ3) is 36.7. The van der Waals surface area contributed by atoms with Crippen molar-refractivity contribution < 1.29 is 76.3 Å². The lowest BCUT2D eigenvalue weighted by Crippen LogP contribution is -2.32. The summed E-state index contributed by atoms with van der Waals surface area (Å²) >= 11 is 0. The molecule has 4 aliphatic carbocycles. The molecular weight excluding hydrogens is 1070 g/mol. The summed E-state index contributed by atoms with van der Waals surface area (Å²) in [5.74, 6) is -2.23. The molecule has 0 N–H and O–H groups in total. The van der Waals surface area contributed by atoms with E-state index in [-0.39, 0.29) is 194 Å². The third-order valence-corrected chi connectivity index (χ3v) is 16.1. The lowest BCUT2D eigenvalue weighted by atomic mass is 9.91. The lowest BCUT2D eigenvalue weighted by molar-refractivity contribution is -0.165. The Bertz CT molecular complexity index is 1780. The van der Waals surface area contributed by atoms with E-state index < -0.39 is 10.8 Å². The molecule has 4 fully saturated rings. The van der Waals surface area contributed by atoms with Gasteiger partial charge in [-0.05, 0) is 183 Å². The zero-order valence-electron chi connectivity index (χ0n) is 49.9. The fourth-order valence-corrected chi connectivity index (χ4v) is 9.00. The van der Waals surface area contributed by atoms with Crippen molar-refractivity contribution in [2.24, 2.45) is 22.7 Å². The Morgan fingerprint density at radius 3 is 0.821 bits per heavy atom. The van der Waals surface area contributed by atoms with Gasteiger partial charge in [-0.1, -0.05) is 115 Å². The lowest BCUT2D eigenvalue weighted by Gasteiger charge is -2.27. The molecule has 0 radical (unpaired) electrons. The van der Waals surface area contributed by atoms with Crippen molar-refractivity contribution in [2.75, 3.05) is 26.4 Å². The fourth-order valence-electron chi connectivity index (χ4n) is 9.00. The summed E-state index contributed by atoms with van der Waals surface area (Å²) in [5, 5.41) is 0. The Kier molecular flexibility index (Phi) is 54.7. The monoisotopic (exact) mass is 1210 g/mol. The Morgan fingerprint density at radius 1 is 0.369 bits per heavy atom. The van der Waals surface area contributed by atoms with Crippen LogP contribution in [0.2, 0.25) is 0 Å². The summed E-state index contributed by atoms with van der Waals surface area (Å²) in [7, 11) is 0. The van der Waals surface area contributed by atoms with Gasteiger partial charge in [0.15, 0.2) is 0 Å². The average Bonchev–Trinajstić information content (AvgIpc) is 4.23. The van der Waals surface area contributed by atoms with Crippen LogP contribution in [0.3, 0.4) is 0 Å². The van der Waals surface area contributed by atoms with Gasteiger partial charge < -0.3 is 37.9 Å². The number of carbonyl (C=O) groups is 8. The van der Waals surface area contributed by atoms with Crippen LogP contribution in [0, 0.1) is 22.7 Å². The van der Waals surface area contributed by atoms with E-state index in [1.165, 1.54) is 0 Å². The molecule has 2 atom stereocenters. The minimum atomic E-state index is -0.486. The predicted molar refractivity (Wildman–Crippen MR) is 344 cm³/mol. The van der Waals surface area contributed by atoms with Crippen LogP contribution in [0.25, 0.3) is 0 Å². The average molecular weight is 1210 g/mol. The number of rotatable bonds is 26. The van der Waals surface area contributed by atoms with E-state index in [4.69, 9.17) is 37.9 Å². The van der Waals surface area contributed by atoms with Crippen LogP contribution in [0.15, 0.2) is 0 Å². The molecule has 4 rings (SSSR count). The molecule has 0 aromatic heterocycles. The van der Waals surface area contributed by atoms with Crippen LogP contribution in [0.4, 0.5) is 0 Å². The first kappa shape index (κ1) is 96.1. The second kappa shape index (κ2) is 47.9.